The SMILES string of the molecule is Cc1ccc(N2C(=O)CC(N(Cc3cccs3)C(=O)c3ccc(Cl)c([N+](=O)[O-])c3)C2=O)cc1. The molecular weight excluding hydrogens is 466 g/mol. The number of halogens is 1. The second kappa shape index (κ2) is 9.13. The number of rotatable bonds is 6. The number of amides is 3. The number of carbonyl (C=O) groups excluding carboxylic acids is 3. The number of anilines is 1. The van der Waals surface area contributed by atoms with Gasteiger partial charge in [0.25, 0.3) is 17.5 Å². The summed E-state index contributed by atoms with van der Waals surface area (Å²) in [6, 6.07) is 13.3. The van der Waals surface area contributed by atoms with Gasteiger partial charge in [0, 0.05) is 16.5 Å². The molecule has 1 saturated heterocycles. The fraction of sp³-hybridized carbons (Fsp3) is 0.174. The third-order valence-corrected chi connectivity index (χ3v) is 6.53. The average Bonchev–Trinajstić information content (AvgIpc) is 3.40. The Labute approximate surface area is 198 Å². The number of nitro benzene ring substituents is 1. The number of nitrogens with zero attached hydrogens (tertiary/aromatic N) is 3. The normalized spacial score (nSPS) is 15.7. The Morgan fingerprint density at radius 2 is 1.94 bits per heavy atom. The molecule has 0 bridgehead atoms. The standard InChI is InChI=1S/C23H18ClN3O5S/c1-14-4-7-16(8-5-14)26-21(28)12-20(23(26)30)25(13-17-3-2-10-33-17)22(29)15-6-9-18(24)19(11-15)27(31)32/h2-11,20H,12-13H2,1H3. The van der Waals surface area contributed by atoms with Gasteiger partial charge >= 0.3 is 0 Å². The van der Waals surface area contributed by atoms with Crippen molar-refractivity contribution in [2.75, 3.05) is 4.90 Å². The first-order valence-electron chi connectivity index (χ1n) is 9.97. The van der Waals surface area contributed by atoms with Crippen LogP contribution in [0.15, 0.2) is 60.0 Å². The lowest BCUT2D eigenvalue weighted by Gasteiger charge is -2.27. The minimum absolute atomic E-state index is 0.0108. The number of imide groups is 1. The number of hydrogen-bond acceptors (Lipinski definition) is 6. The van der Waals surface area contributed by atoms with Gasteiger partial charge in [-0.1, -0.05) is 35.4 Å². The molecule has 1 aliphatic rings. The molecule has 1 fully saturated rings. The van der Waals surface area contributed by atoms with E-state index in [9.17, 15) is 24.5 Å². The first-order chi connectivity index (χ1) is 15.8. The zero-order chi connectivity index (χ0) is 23.7. The number of hydrogen-bond donors (Lipinski definition) is 0. The number of benzene rings is 2. The molecule has 33 heavy (non-hydrogen) atoms. The average molecular weight is 484 g/mol. The molecule has 3 aromatic rings. The summed E-state index contributed by atoms with van der Waals surface area (Å²) >= 11 is 7.29. The van der Waals surface area contributed by atoms with Gasteiger partial charge in [-0.05, 0) is 42.6 Å². The number of nitro groups is 1. The van der Waals surface area contributed by atoms with Gasteiger partial charge in [-0.15, -0.1) is 11.3 Å². The van der Waals surface area contributed by atoms with E-state index < -0.39 is 34.4 Å². The Morgan fingerprint density at radius 1 is 1.21 bits per heavy atom. The van der Waals surface area contributed by atoms with Crippen molar-refractivity contribution in [2.45, 2.75) is 25.9 Å². The van der Waals surface area contributed by atoms with Crippen LogP contribution in [0.3, 0.4) is 0 Å². The molecule has 0 radical (unpaired) electrons. The highest BCUT2D eigenvalue weighted by Crippen LogP contribution is 2.30. The molecule has 8 nitrogen and oxygen atoms in total. The lowest BCUT2D eigenvalue weighted by Crippen LogP contribution is -2.45. The summed E-state index contributed by atoms with van der Waals surface area (Å²) in [5.74, 6) is -1.53. The van der Waals surface area contributed by atoms with Crippen molar-refractivity contribution in [1.29, 1.82) is 0 Å². The van der Waals surface area contributed by atoms with Crippen LogP contribution in [-0.4, -0.2) is 33.6 Å². The van der Waals surface area contributed by atoms with Crippen molar-refractivity contribution in [3.05, 3.63) is 91.1 Å². The van der Waals surface area contributed by atoms with Gasteiger partial charge in [-0.2, -0.15) is 0 Å². The third kappa shape index (κ3) is 4.50. The van der Waals surface area contributed by atoms with Gasteiger partial charge in [-0.3, -0.25) is 24.5 Å². The summed E-state index contributed by atoms with van der Waals surface area (Å²) in [4.78, 5) is 53.4. The van der Waals surface area contributed by atoms with E-state index in [1.54, 1.807) is 24.3 Å². The molecule has 1 unspecified atom stereocenters. The molecule has 4 rings (SSSR count). The zero-order valence-corrected chi connectivity index (χ0v) is 19.0. The number of thiophene rings is 1. The number of carbonyl (C=O) groups is 3. The summed E-state index contributed by atoms with van der Waals surface area (Å²) in [6.07, 6.45) is -0.181. The van der Waals surface area contributed by atoms with Gasteiger partial charge in [-0.25, -0.2) is 4.90 Å². The molecule has 2 aromatic carbocycles. The van der Waals surface area contributed by atoms with E-state index in [-0.39, 0.29) is 23.6 Å². The Bertz CT molecular complexity index is 1240. The van der Waals surface area contributed by atoms with Crippen LogP contribution in [0.25, 0.3) is 0 Å². The summed E-state index contributed by atoms with van der Waals surface area (Å²) < 4.78 is 0. The Balaban J connectivity index is 1.70. The minimum atomic E-state index is -1.04. The Kier molecular flexibility index (Phi) is 6.26. The van der Waals surface area contributed by atoms with Crippen LogP contribution in [0.5, 0.6) is 0 Å². The lowest BCUT2D eigenvalue weighted by atomic mass is 10.1. The highest BCUT2D eigenvalue weighted by atomic mass is 35.5. The summed E-state index contributed by atoms with van der Waals surface area (Å²) in [5, 5.41) is 13.0. The molecule has 3 amide bonds. The van der Waals surface area contributed by atoms with Crippen molar-refractivity contribution >= 4 is 52.0 Å². The maximum absolute atomic E-state index is 13.5. The second-order valence-electron chi connectivity index (χ2n) is 7.56. The zero-order valence-electron chi connectivity index (χ0n) is 17.4. The molecular formula is C23H18ClN3O5S. The first kappa shape index (κ1) is 22.6. The van der Waals surface area contributed by atoms with Crippen LogP contribution in [0.2, 0.25) is 5.02 Å². The molecule has 0 spiro atoms. The fourth-order valence-electron chi connectivity index (χ4n) is 3.67. The number of aryl methyl sites for hydroxylation is 1. The van der Waals surface area contributed by atoms with Crippen molar-refractivity contribution in [2.24, 2.45) is 0 Å². The fourth-order valence-corrected chi connectivity index (χ4v) is 4.56. The maximum atomic E-state index is 13.5. The summed E-state index contributed by atoms with van der Waals surface area (Å²) in [7, 11) is 0. The predicted molar refractivity (Wildman–Crippen MR) is 124 cm³/mol. The van der Waals surface area contributed by atoms with E-state index in [0.29, 0.717) is 5.69 Å². The van der Waals surface area contributed by atoms with Crippen LogP contribution in [-0.2, 0) is 16.1 Å². The molecule has 10 heteroatoms. The Morgan fingerprint density at radius 3 is 2.58 bits per heavy atom. The van der Waals surface area contributed by atoms with Crippen LogP contribution < -0.4 is 4.90 Å². The summed E-state index contributed by atoms with van der Waals surface area (Å²) in [6.45, 7) is 1.98. The van der Waals surface area contributed by atoms with E-state index in [1.807, 2.05) is 24.4 Å². The van der Waals surface area contributed by atoms with Gasteiger partial charge in [0.2, 0.25) is 5.91 Å². The van der Waals surface area contributed by atoms with Crippen molar-refractivity contribution in [3.8, 4) is 0 Å². The predicted octanol–water partition coefficient (Wildman–Crippen LogP) is 4.59. The van der Waals surface area contributed by atoms with Gasteiger partial charge in [0.15, 0.2) is 0 Å². The molecule has 0 aliphatic carbocycles. The molecule has 168 valence electrons. The first-order valence-corrected chi connectivity index (χ1v) is 11.2. The van der Waals surface area contributed by atoms with Crippen molar-refractivity contribution in [1.82, 2.24) is 4.90 Å². The van der Waals surface area contributed by atoms with E-state index in [4.69, 9.17) is 11.6 Å². The largest absolute Gasteiger partial charge is 0.321 e. The quantitative estimate of drug-likeness (QED) is 0.290. The van der Waals surface area contributed by atoms with Crippen LogP contribution in [0.1, 0.15) is 27.2 Å². The van der Waals surface area contributed by atoms with Crippen LogP contribution in [0.4, 0.5) is 11.4 Å². The topological polar surface area (TPSA) is 101 Å². The Hall–Kier alpha value is -3.56. The molecule has 0 N–H and O–H groups in total. The maximum Gasteiger partial charge on any atom is 0.288 e. The molecule has 0 saturated carbocycles. The van der Waals surface area contributed by atoms with Gasteiger partial charge < -0.3 is 4.90 Å². The van der Waals surface area contributed by atoms with Crippen LogP contribution in [0, 0.1) is 17.0 Å². The second-order valence-corrected chi connectivity index (χ2v) is 9.00. The van der Waals surface area contributed by atoms with E-state index in [1.165, 1.54) is 28.4 Å². The smallest absolute Gasteiger partial charge is 0.288 e. The highest BCUT2D eigenvalue weighted by Gasteiger charge is 2.44. The highest BCUT2D eigenvalue weighted by molar-refractivity contribution is 7.09. The van der Waals surface area contributed by atoms with Gasteiger partial charge in [0.1, 0.15) is 11.1 Å². The van der Waals surface area contributed by atoms with E-state index in [0.717, 1.165) is 21.4 Å². The van der Waals surface area contributed by atoms with Crippen molar-refractivity contribution < 1.29 is 19.3 Å². The third-order valence-electron chi connectivity index (χ3n) is 5.35. The van der Waals surface area contributed by atoms with Gasteiger partial charge in [0.05, 0.1) is 23.6 Å². The van der Waals surface area contributed by atoms with E-state index in [2.05, 4.69) is 0 Å². The minimum Gasteiger partial charge on any atom is -0.321 e. The molecule has 1 atom stereocenters. The molecule has 2 heterocycles. The molecule has 1 aromatic heterocycles. The van der Waals surface area contributed by atoms with Crippen LogP contribution >= 0.6 is 22.9 Å². The van der Waals surface area contributed by atoms with E-state index >= 15 is 0 Å². The monoisotopic (exact) mass is 483 g/mol. The summed E-state index contributed by atoms with van der Waals surface area (Å²) in [5.41, 5.74) is 1.02. The molecule has 1 aliphatic heterocycles. The van der Waals surface area contributed by atoms with Crippen molar-refractivity contribution in [3.63, 3.8) is 0 Å². The lowest BCUT2D eigenvalue weighted by molar-refractivity contribution is -0.384.